The Morgan fingerprint density at radius 1 is 0.640 bits per heavy atom. The maximum atomic E-state index is 15.3. The van der Waals surface area contributed by atoms with Gasteiger partial charge in [0.1, 0.15) is 34.6 Å². The highest BCUT2D eigenvalue weighted by Gasteiger charge is 2.42. The van der Waals surface area contributed by atoms with Gasteiger partial charge in [-0.3, -0.25) is 0 Å². The van der Waals surface area contributed by atoms with Crippen LogP contribution in [0.3, 0.4) is 0 Å². The minimum atomic E-state index is -5.52. The summed E-state index contributed by atoms with van der Waals surface area (Å²) in [7, 11) is 0. The van der Waals surface area contributed by atoms with Gasteiger partial charge in [-0.25, -0.2) is 26.3 Å². The molecule has 0 amide bonds. The zero-order chi connectivity index (χ0) is 36.4. The Hall–Kier alpha value is -4.55. The van der Waals surface area contributed by atoms with Crippen LogP contribution in [0.2, 0.25) is 0 Å². The summed E-state index contributed by atoms with van der Waals surface area (Å²) < 4.78 is 162. The van der Waals surface area contributed by atoms with Crippen LogP contribution in [0.1, 0.15) is 62.5 Å². The van der Waals surface area contributed by atoms with Crippen molar-refractivity contribution in [1.82, 2.24) is 0 Å². The van der Waals surface area contributed by atoms with Crippen molar-refractivity contribution >= 4 is 0 Å². The average Bonchev–Trinajstić information content (AvgIpc) is 3.02. The van der Waals surface area contributed by atoms with Gasteiger partial charge >= 0.3 is 12.5 Å². The lowest BCUT2D eigenvalue weighted by molar-refractivity contribution is -0.276. The molecule has 0 atom stereocenters. The largest absolute Gasteiger partial charge is 0.573 e. The summed E-state index contributed by atoms with van der Waals surface area (Å²) in [6, 6.07) is 8.57. The molecular formula is C37H29F11O2. The summed E-state index contributed by atoms with van der Waals surface area (Å²) in [4.78, 5) is 0. The van der Waals surface area contributed by atoms with Crippen molar-refractivity contribution in [3.8, 4) is 33.8 Å². The Morgan fingerprint density at radius 2 is 1.20 bits per heavy atom. The molecule has 0 heterocycles. The summed E-state index contributed by atoms with van der Waals surface area (Å²) in [5, 5.41) is 0. The molecule has 50 heavy (non-hydrogen) atoms. The predicted octanol–water partition coefficient (Wildman–Crippen LogP) is 12.5. The lowest BCUT2D eigenvalue weighted by atomic mass is 9.77. The second-order valence-corrected chi connectivity index (χ2v) is 12.0. The molecule has 0 N–H and O–H groups in total. The van der Waals surface area contributed by atoms with Crippen LogP contribution in [0.25, 0.3) is 22.3 Å². The molecular weight excluding hydrogens is 685 g/mol. The smallest absolute Gasteiger partial charge is 0.429 e. The summed E-state index contributed by atoms with van der Waals surface area (Å²) in [6.07, 6.45) is -0.198. The second kappa shape index (κ2) is 14.7. The van der Waals surface area contributed by atoms with Gasteiger partial charge in [0.15, 0.2) is 11.6 Å². The lowest BCUT2D eigenvalue weighted by Gasteiger charge is -2.28. The quantitative estimate of drug-likeness (QED) is 0.120. The summed E-state index contributed by atoms with van der Waals surface area (Å²) in [6.45, 7) is 1.99. The van der Waals surface area contributed by atoms with E-state index in [4.69, 9.17) is 0 Å². The van der Waals surface area contributed by atoms with Crippen LogP contribution in [0, 0.1) is 40.8 Å². The maximum Gasteiger partial charge on any atom is 0.573 e. The zero-order valence-corrected chi connectivity index (χ0v) is 26.3. The van der Waals surface area contributed by atoms with Crippen molar-refractivity contribution in [3.05, 3.63) is 119 Å². The molecule has 0 saturated heterocycles. The van der Waals surface area contributed by atoms with Crippen molar-refractivity contribution in [1.29, 1.82) is 0 Å². The SMILES string of the molecule is C/C=C/CCC1CCC(c2ccc(-c3ccc(-c4cc(F)c(C(F)(F)Oc5cc(F)c(OC(F)(F)F)c(F)c5)c(F)c4)c(F)c3)c(F)c2)CC1. The number of hydrogen-bond donors (Lipinski definition) is 0. The van der Waals surface area contributed by atoms with Crippen molar-refractivity contribution in [2.24, 2.45) is 5.92 Å². The van der Waals surface area contributed by atoms with E-state index in [2.05, 4.69) is 15.5 Å². The Kier molecular flexibility index (Phi) is 10.8. The van der Waals surface area contributed by atoms with Gasteiger partial charge < -0.3 is 9.47 Å². The number of allylic oxidation sites excluding steroid dienone is 2. The highest BCUT2D eigenvalue weighted by Crippen LogP contribution is 2.41. The topological polar surface area (TPSA) is 18.5 Å². The first kappa shape index (κ1) is 36.7. The number of halogens is 11. The van der Waals surface area contributed by atoms with E-state index in [1.165, 1.54) is 18.2 Å². The summed E-state index contributed by atoms with van der Waals surface area (Å²) in [5.74, 6) is -12.3. The Balaban J connectivity index is 1.32. The maximum absolute atomic E-state index is 15.3. The van der Waals surface area contributed by atoms with E-state index >= 15 is 8.78 Å². The molecule has 1 aliphatic rings. The van der Waals surface area contributed by atoms with E-state index in [0.29, 0.717) is 18.1 Å². The van der Waals surface area contributed by atoms with Crippen LogP contribution in [0.15, 0.2) is 72.8 Å². The van der Waals surface area contributed by atoms with E-state index in [1.807, 2.05) is 13.0 Å². The number of rotatable bonds is 10. The highest BCUT2D eigenvalue weighted by molar-refractivity contribution is 5.72. The fourth-order valence-electron chi connectivity index (χ4n) is 6.23. The van der Waals surface area contributed by atoms with Gasteiger partial charge in [-0.1, -0.05) is 36.4 Å². The first-order chi connectivity index (χ1) is 23.6. The molecule has 1 saturated carbocycles. The third-order valence-electron chi connectivity index (χ3n) is 8.65. The molecule has 0 bridgehead atoms. The number of benzene rings is 4. The molecule has 0 aromatic heterocycles. The fourth-order valence-corrected chi connectivity index (χ4v) is 6.23. The van der Waals surface area contributed by atoms with Crippen LogP contribution in [-0.2, 0) is 6.11 Å². The third kappa shape index (κ3) is 8.42. The van der Waals surface area contributed by atoms with Gasteiger partial charge in [0.25, 0.3) is 0 Å². The standard InChI is InChI=1S/C37H29F11O2/c1-2-3-4-5-20-6-8-21(9-7-20)22-10-12-26(28(38)14-22)23-11-13-27(29(39)15-23)24-16-30(40)34(31(41)17-24)36(44,45)49-25-18-32(42)35(33(43)19-25)50-37(46,47)48/h2-3,10-21H,4-9H2,1H3/b3-2+. The van der Waals surface area contributed by atoms with Gasteiger partial charge in [0.2, 0.25) is 5.75 Å². The van der Waals surface area contributed by atoms with Crippen molar-refractivity contribution < 1.29 is 57.8 Å². The van der Waals surface area contributed by atoms with E-state index in [1.54, 1.807) is 6.07 Å². The van der Waals surface area contributed by atoms with E-state index < -0.39 is 75.6 Å². The normalized spacial score (nSPS) is 17.0. The summed E-state index contributed by atoms with van der Waals surface area (Å²) in [5.41, 5.74) is -1.94. The number of hydrogen-bond acceptors (Lipinski definition) is 2. The van der Waals surface area contributed by atoms with Crippen molar-refractivity contribution in [3.63, 3.8) is 0 Å². The van der Waals surface area contributed by atoms with Crippen LogP contribution in [-0.4, -0.2) is 6.36 Å². The minimum Gasteiger partial charge on any atom is -0.429 e. The molecule has 4 aromatic carbocycles. The Labute approximate surface area is 280 Å². The zero-order valence-electron chi connectivity index (χ0n) is 26.3. The average molecular weight is 715 g/mol. The predicted molar refractivity (Wildman–Crippen MR) is 163 cm³/mol. The van der Waals surface area contributed by atoms with Gasteiger partial charge in [-0.05, 0) is 98.2 Å². The molecule has 266 valence electrons. The lowest BCUT2D eigenvalue weighted by Crippen LogP contribution is -2.25. The molecule has 0 aliphatic heterocycles. The molecule has 1 fully saturated rings. The van der Waals surface area contributed by atoms with Gasteiger partial charge in [0.05, 0.1) is 0 Å². The molecule has 13 heteroatoms. The van der Waals surface area contributed by atoms with E-state index in [0.717, 1.165) is 56.2 Å². The van der Waals surface area contributed by atoms with Gasteiger partial charge in [-0.15, -0.1) is 13.2 Å². The fraction of sp³-hybridized carbons (Fsp3) is 0.297. The molecule has 0 spiro atoms. The highest BCUT2D eigenvalue weighted by atomic mass is 19.4. The van der Waals surface area contributed by atoms with Crippen LogP contribution >= 0.6 is 0 Å². The van der Waals surface area contributed by atoms with Gasteiger partial charge in [-0.2, -0.15) is 8.78 Å². The molecule has 4 aromatic rings. The van der Waals surface area contributed by atoms with E-state index in [9.17, 15) is 39.5 Å². The summed E-state index contributed by atoms with van der Waals surface area (Å²) >= 11 is 0. The molecule has 0 radical (unpaired) electrons. The Bertz CT molecular complexity index is 1830. The van der Waals surface area contributed by atoms with Crippen LogP contribution < -0.4 is 9.47 Å². The number of ether oxygens (including phenoxy) is 2. The van der Waals surface area contributed by atoms with Crippen LogP contribution in [0.5, 0.6) is 11.5 Å². The monoisotopic (exact) mass is 714 g/mol. The van der Waals surface area contributed by atoms with Crippen molar-refractivity contribution in [2.45, 2.75) is 63.8 Å². The van der Waals surface area contributed by atoms with Gasteiger partial charge in [0, 0.05) is 23.3 Å². The minimum absolute atomic E-state index is 0.0783. The van der Waals surface area contributed by atoms with Crippen LogP contribution in [0.4, 0.5) is 48.3 Å². The third-order valence-corrected chi connectivity index (χ3v) is 8.65. The molecule has 1 aliphatic carbocycles. The van der Waals surface area contributed by atoms with Crippen molar-refractivity contribution in [2.75, 3.05) is 0 Å². The van der Waals surface area contributed by atoms with E-state index in [-0.39, 0.29) is 29.2 Å². The first-order valence-electron chi connectivity index (χ1n) is 15.6. The Morgan fingerprint density at radius 3 is 1.76 bits per heavy atom. The molecule has 2 nitrogen and oxygen atoms in total. The first-order valence-corrected chi connectivity index (χ1v) is 15.6. The number of alkyl halides is 5. The second-order valence-electron chi connectivity index (χ2n) is 12.0. The molecule has 5 rings (SSSR count). The molecule has 0 unspecified atom stereocenters.